The van der Waals surface area contributed by atoms with Crippen molar-refractivity contribution in [2.45, 2.75) is 40.0 Å². The van der Waals surface area contributed by atoms with Crippen molar-refractivity contribution in [2.24, 2.45) is 5.92 Å². The fraction of sp³-hybridized carbons (Fsp3) is 1.00. The second kappa shape index (κ2) is 8.51. The van der Waals surface area contributed by atoms with Crippen molar-refractivity contribution in [2.75, 3.05) is 0 Å². The van der Waals surface area contributed by atoms with Crippen LogP contribution >= 0.6 is 29.6 Å². The summed E-state index contributed by atoms with van der Waals surface area (Å²) in [5.41, 5.74) is 0. The lowest BCUT2D eigenvalue weighted by atomic mass is 10.1. The van der Waals surface area contributed by atoms with E-state index in [9.17, 15) is 8.42 Å². The number of hydrogen-bond acceptors (Lipinski definition) is 2. The van der Waals surface area contributed by atoms with Gasteiger partial charge in [-0.2, -0.15) is 0 Å². The lowest BCUT2D eigenvalue weighted by Crippen LogP contribution is -1.83. The van der Waals surface area contributed by atoms with E-state index in [4.69, 9.17) is 0 Å². The van der Waals surface area contributed by atoms with Crippen molar-refractivity contribution < 1.29 is 8.42 Å². The molecule has 0 radical (unpaired) electrons. The Morgan fingerprint density at radius 1 is 1.25 bits per heavy atom. The molecule has 0 unspecified atom stereocenters. The van der Waals surface area contributed by atoms with Gasteiger partial charge in [0.25, 0.3) is 6.70 Å². The molecule has 0 aromatic carbocycles. The summed E-state index contributed by atoms with van der Waals surface area (Å²) in [6.45, 7) is 3.74. The Morgan fingerprint density at radius 2 is 1.58 bits per heavy atom. The quantitative estimate of drug-likeness (QED) is 0.739. The summed E-state index contributed by atoms with van der Waals surface area (Å²) >= 11 is 4.53. The molecule has 0 saturated heterocycles. The van der Waals surface area contributed by atoms with Gasteiger partial charge in [0.1, 0.15) is 0 Å². The molecule has 76 valence electrons. The van der Waals surface area contributed by atoms with Crippen LogP contribution in [0.15, 0.2) is 0 Å². The molecule has 12 heavy (non-hydrogen) atoms. The third-order valence-electron chi connectivity index (χ3n) is 1.14. The fourth-order valence-electron chi connectivity index (χ4n) is 0.612. The fourth-order valence-corrected chi connectivity index (χ4v) is 0.612. The molecular formula is C7H16Br2O2S. The Bertz CT molecular complexity index is 168. The largest absolute Gasteiger partial charge is 0.268 e. The average molecular weight is 324 g/mol. The highest BCUT2D eigenvalue weighted by molar-refractivity contribution is 9.79. The molecule has 5 heteroatoms. The van der Waals surface area contributed by atoms with E-state index in [0.717, 1.165) is 5.92 Å². The summed E-state index contributed by atoms with van der Waals surface area (Å²) < 4.78 is 18.9. The Morgan fingerprint density at radius 3 is 1.67 bits per heavy atom. The molecule has 0 N–H and O–H groups in total. The molecule has 0 atom stereocenters. The molecule has 2 nitrogen and oxygen atoms in total. The van der Waals surface area contributed by atoms with Crippen molar-refractivity contribution in [1.29, 1.82) is 0 Å². The second-order valence-corrected chi connectivity index (χ2v) is 11.4. The third kappa shape index (κ3) is 44.4. The smallest absolute Gasteiger partial charge is 0.205 e. The van der Waals surface area contributed by atoms with Gasteiger partial charge in [0.05, 0.1) is 29.6 Å². The lowest BCUT2D eigenvalue weighted by molar-refractivity contribution is 0.550. The first-order chi connectivity index (χ1) is 5.27. The Kier molecular flexibility index (Phi) is 10.9. The molecule has 0 fully saturated rings. The van der Waals surface area contributed by atoms with Crippen LogP contribution in [0.4, 0.5) is 0 Å². The highest BCUT2D eigenvalue weighted by atomic mass is 79.9. The standard InChI is InChI=1S/C7H16.Br2O2S/c1-4-5-6-7(2)3;1-5(2,3)4/h7H,4-6H2,1-3H3;. The minimum absolute atomic E-state index is 0.903. The van der Waals surface area contributed by atoms with Crippen molar-refractivity contribution >= 4 is 36.3 Å². The molecule has 0 aromatic rings. The minimum Gasteiger partial charge on any atom is -0.205 e. The molecule has 0 aromatic heterocycles. The number of hydrogen-bond donors (Lipinski definition) is 0. The van der Waals surface area contributed by atoms with Crippen LogP contribution in [-0.2, 0) is 6.70 Å². The lowest BCUT2D eigenvalue weighted by Gasteiger charge is -1.98. The monoisotopic (exact) mass is 322 g/mol. The van der Waals surface area contributed by atoms with Crippen LogP contribution in [0.2, 0.25) is 0 Å². The summed E-state index contributed by atoms with van der Waals surface area (Å²) in [6.07, 6.45) is 4.15. The number of unbranched alkanes of at least 4 members (excludes halogenated alkanes) is 1. The van der Waals surface area contributed by atoms with Crippen molar-refractivity contribution in [3.05, 3.63) is 0 Å². The molecular weight excluding hydrogens is 308 g/mol. The molecule has 0 spiro atoms. The first-order valence-corrected chi connectivity index (χ1v) is 9.08. The van der Waals surface area contributed by atoms with Crippen molar-refractivity contribution in [3.8, 4) is 0 Å². The Balaban J connectivity index is 0. The summed E-state index contributed by atoms with van der Waals surface area (Å²) in [5.74, 6) is 0.903. The number of rotatable bonds is 3. The maximum atomic E-state index is 9.47. The molecule has 0 rings (SSSR count). The van der Waals surface area contributed by atoms with Gasteiger partial charge in [0.15, 0.2) is 0 Å². The molecule has 0 aliphatic rings. The van der Waals surface area contributed by atoms with Gasteiger partial charge in [0.2, 0.25) is 0 Å². The second-order valence-electron chi connectivity index (χ2n) is 2.91. The molecule has 0 aliphatic carbocycles. The Labute approximate surface area is 90.4 Å². The minimum atomic E-state index is -3.04. The predicted octanol–water partition coefficient (Wildman–Crippen LogP) is 3.85. The van der Waals surface area contributed by atoms with Crippen molar-refractivity contribution in [1.82, 2.24) is 0 Å². The van der Waals surface area contributed by atoms with Gasteiger partial charge in [-0.3, -0.25) is 0 Å². The average Bonchev–Trinajstić information content (AvgIpc) is 1.79. The topological polar surface area (TPSA) is 34.1 Å². The van der Waals surface area contributed by atoms with E-state index in [2.05, 4.69) is 50.4 Å². The molecule has 0 saturated carbocycles. The van der Waals surface area contributed by atoms with E-state index in [1.54, 1.807) is 0 Å². The molecule has 0 heterocycles. The van der Waals surface area contributed by atoms with Gasteiger partial charge in [-0.25, -0.2) is 8.42 Å². The maximum Gasteiger partial charge on any atom is 0.268 e. The van der Waals surface area contributed by atoms with Crippen LogP contribution < -0.4 is 0 Å². The highest BCUT2D eigenvalue weighted by Gasteiger charge is 1.88. The maximum absolute atomic E-state index is 9.47. The summed E-state index contributed by atoms with van der Waals surface area (Å²) in [7, 11) is 0. The Hall–Kier alpha value is 0.910. The van der Waals surface area contributed by atoms with Gasteiger partial charge >= 0.3 is 0 Å². The molecule has 0 amide bonds. The van der Waals surface area contributed by atoms with Crippen molar-refractivity contribution in [3.63, 3.8) is 0 Å². The first-order valence-electron chi connectivity index (χ1n) is 3.91. The van der Waals surface area contributed by atoms with Crippen LogP contribution in [0.3, 0.4) is 0 Å². The van der Waals surface area contributed by atoms with E-state index in [-0.39, 0.29) is 0 Å². The van der Waals surface area contributed by atoms with E-state index >= 15 is 0 Å². The summed E-state index contributed by atoms with van der Waals surface area (Å²) in [6, 6.07) is 0. The predicted molar refractivity (Wildman–Crippen MR) is 61.1 cm³/mol. The molecule has 0 bridgehead atoms. The van der Waals surface area contributed by atoms with E-state index in [1.807, 2.05) is 0 Å². The van der Waals surface area contributed by atoms with Gasteiger partial charge in [-0.1, -0.05) is 40.0 Å². The number of halogens is 2. The SMILES string of the molecule is CCCCC(C)C.O=S(=O)(Br)Br. The van der Waals surface area contributed by atoms with Crippen LogP contribution in [0.5, 0.6) is 0 Å². The zero-order chi connectivity index (χ0) is 10.2. The van der Waals surface area contributed by atoms with E-state index in [0.29, 0.717) is 0 Å². The highest BCUT2D eigenvalue weighted by Crippen LogP contribution is 2.06. The van der Waals surface area contributed by atoms with Crippen LogP contribution in [0, 0.1) is 5.92 Å². The third-order valence-corrected chi connectivity index (χ3v) is 1.14. The molecule has 0 aliphatic heterocycles. The summed E-state index contributed by atoms with van der Waals surface area (Å²) in [4.78, 5) is 0. The zero-order valence-electron chi connectivity index (χ0n) is 7.68. The van der Waals surface area contributed by atoms with Crippen LogP contribution in [0.25, 0.3) is 0 Å². The summed E-state index contributed by atoms with van der Waals surface area (Å²) in [5, 5.41) is 0. The van der Waals surface area contributed by atoms with Gasteiger partial charge in [-0.05, 0) is 5.92 Å². The van der Waals surface area contributed by atoms with Crippen LogP contribution in [-0.4, -0.2) is 8.42 Å². The van der Waals surface area contributed by atoms with Crippen LogP contribution in [0.1, 0.15) is 40.0 Å². The first kappa shape index (κ1) is 15.4. The van der Waals surface area contributed by atoms with E-state index in [1.165, 1.54) is 19.3 Å². The normalized spacial score (nSPS) is 10.8. The van der Waals surface area contributed by atoms with E-state index < -0.39 is 6.70 Å². The van der Waals surface area contributed by atoms with Gasteiger partial charge in [0, 0.05) is 0 Å². The van der Waals surface area contributed by atoms with Gasteiger partial charge < -0.3 is 0 Å². The zero-order valence-corrected chi connectivity index (χ0v) is 11.7. The van der Waals surface area contributed by atoms with Gasteiger partial charge in [-0.15, -0.1) is 0 Å².